The molecular formula is C13H18O6. The summed E-state index contributed by atoms with van der Waals surface area (Å²) in [6, 6.07) is 8.78. The maximum Gasteiger partial charge on any atom is 0.184 e. The Hall–Kier alpha value is -1.02. The SMILES string of the molecule is OC[C@H]1O[C@H](O)[C@H](O)[C@](O)(Cc2ccccc2)[C@@H]1O. The Balaban J connectivity index is 2.26. The maximum atomic E-state index is 10.5. The molecular weight excluding hydrogens is 252 g/mol. The lowest BCUT2D eigenvalue weighted by atomic mass is 9.79. The van der Waals surface area contributed by atoms with Crippen molar-refractivity contribution in [1.29, 1.82) is 0 Å². The highest BCUT2D eigenvalue weighted by atomic mass is 16.6. The van der Waals surface area contributed by atoms with Crippen molar-refractivity contribution in [2.45, 2.75) is 36.6 Å². The fourth-order valence-corrected chi connectivity index (χ4v) is 2.35. The van der Waals surface area contributed by atoms with Crippen molar-refractivity contribution in [2.75, 3.05) is 6.61 Å². The summed E-state index contributed by atoms with van der Waals surface area (Å²) in [5.41, 5.74) is -1.29. The molecule has 106 valence electrons. The highest BCUT2D eigenvalue weighted by molar-refractivity contribution is 5.19. The molecule has 1 aromatic rings. The zero-order valence-corrected chi connectivity index (χ0v) is 10.3. The molecule has 1 aromatic carbocycles. The smallest absolute Gasteiger partial charge is 0.184 e. The average Bonchev–Trinajstić information content (AvgIpc) is 2.42. The molecule has 6 nitrogen and oxygen atoms in total. The van der Waals surface area contributed by atoms with Crippen LogP contribution in [0.4, 0.5) is 0 Å². The van der Waals surface area contributed by atoms with Gasteiger partial charge in [-0.25, -0.2) is 0 Å². The number of hydrogen-bond donors (Lipinski definition) is 5. The van der Waals surface area contributed by atoms with Gasteiger partial charge in [-0.15, -0.1) is 0 Å². The van der Waals surface area contributed by atoms with Crippen LogP contribution in [0, 0.1) is 0 Å². The second-order valence-corrected chi connectivity index (χ2v) is 4.79. The van der Waals surface area contributed by atoms with Crippen molar-refractivity contribution in [3.05, 3.63) is 35.9 Å². The van der Waals surface area contributed by atoms with Crippen LogP contribution in [0.3, 0.4) is 0 Å². The minimum Gasteiger partial charge on any atom is -0.394 e. The summed E-state index contributed by atoms with van der Waals surface area (Å²) in [4.78, 5) is 0. The molecule has 0 radical (unpaired) electrons. The third kappa shape index (κ3) is 2.64. The molecule has 1 aliphatic rings. The molecule has 1 heterocycles. The second-order valence-electron chi connectivity index (χ2n) is 4.79. The lowest BCUT2D eigenvalue weighted by molar-refractivity contribution is -0.321. The Labute approximate surface area is 110 Å². The van der Waals surface area contributed by atoms with Crippen molar-refractivity contribution in [3.63, 3.8) is 0 Å². The van der Waals surface area contributed by atoms with Gasteiger partial charge in [-0.05, 0) is 5.56 Å². The molecule has 19 heavy (non-hydrogen) atoms. The summed E-state index contributed by atoms with van der Waals surface area (Å²) < 4.78 is 4.84. The van der Waals surface area contributed by atoms with Crippen LogP contribution in [0.1, 0.15) is 5.56 Å². The van der Waals surface area contributed by atoms with Crippen molar-refractivity contribution in [3.8, 4) is 0 Å². The Kier molecular flexibility index (Phi) is 4.19. The number of aliphatic hydroxyl groups excluding tert-OH is 4. The van der Waals surface area contributed by atoms with Crippen LogP contribution in [0.15, 0.2) is 30.3 Å². The first kappa shape index (κ1) is 14.4. The molecule has 1 saturated heterocycles. The fourth-order valence-electron chi connectivity index (χ4n) is 2.35. The molecule has 6 heteroatoms. The summed E-state index contributed by atoms with van der Waals surface area (Å²) in [6.07, 6.45) is -6.03. The molecule has 1 aliphatic heterocycles. The number of hydrogen-bond acceptors (Lipinski definition) is 6. The van der Waals surface area contributed by atoms with E-state index in [0.717, 1.165) is 0 Å². The summed E-state index contributed by atoms with van der Waals surface area (Å²) in [5, 5.41) is 49.0. The topological polar surface area (TPSA) is 110 Å². The fraction of sp³-hybridized carbons (Fsp3) is 0.538. The van der Waals surface area contributed by atoms with Gasteiger partial charge in [0.05, 0.1) is 6.61 Å². The Morgan fingerprint density at radius 1 is 1.05 bits per heavy atom. The number of aliphatic hydroxyl groups is 5. The molecule has 0 bridgehead atoms. The van der Waals surface area contributed by atoms with Gasteiger partial charge >= 0.3 is 0 Å². The lowest BCUT2D eigenvalue weighted by Gasteiger charge is -2.46. The molecule has 5 atom stereocenters. The third-order valence-electron chi connectivity index (χ3n) is 3.47. The molecule has 0 unspecified atom stereocenters. The van der Waals surface area contributed by atoms with Crippen LogP contribution in [-0.2, 0) is 11.2 Å². The molecule has 1 fully saturated rings. The Bertz CT molecular complexity index is 411. The molecule has 0 aromatic heterocycles. The number of benzene rings is 1. The van der Waals surface area contributed by atoms with Crippen molar-refractivity contribution < 1.29 is 30.3 Å². The van der Waals surface area contributed by atoms with Gasteiger partial charge in [0.15, 0.2) is 6.29 Å². The predicted molar refractivity (Wildman–Crippen MR) is 65.1 cm³/mol. The summed E-state index contributed by atoms with van der Waals surface area (Å²) in [7, 11) is 0. The quantitative estimate of drug-likeness (QED) is 0.452. The molecule has 0 amide bonds. The van der Waals surface area contributed by atoms with Crippen molar-refractivity contribution in [1.82, 2.24) is 0 Å². The van der Waals surface area contributed by atoms with Gasteiger partial charge in [-0.1, -0.05) is 30.3 Å². The third-order valence-corrected chi connectivity index (χ3v) is 3.47. The average molecular weight is 270 g/mol. The van der Waals surface area contributed by atoms with E-state index in [4.69, 9.17) is 9.84 Å². The van der Waals surface area contributed by atoms with E-state index in [9.17, 15) is 20.4 Å². The van der Waals surface area contributed by atoms with Gasteiger partial charge in [-0.3, -0.25) is 0 Å². The highest BCUT2D eigenvalue weighted by Crippen LogP contribution is 2.32. The molecule has 0 spiro atoms. The van der Waals surface area contributed by atoms with Crippen LogP contribution < -0.4 is 0 Å². The van der Waals surface area contributed by atoms with E-state index in [1.54, 1.807) is 30.3 Å². The van der Waals surface area contributed by atoms with Crippen molar-refractivity contribution >= 4 is 0 Å². The molecule has 2 rings (SSSR count). The van der Waals surface area contributed by atoms with E-state index in [1.807, 2.05) is 0 Å². The zero-order chi connectivity index (χ0) is 14.0. The van der Waals surface area contributed by atoms with Crippen molar-refractivity contribution in [2.24, 2.45) is 0 Å². The molecule has 0 aliphatic carbocycles. The standard InChI is InChI=1S/C13H18O6/c14-7-9-10(15)13(18,11(16)12(17)19-9)6-8-4-2-1-3-5-8/h1-5,9-12,14-18H,6-7H2/t9-,10-,11+,12+,13+/m1/s1. The highest BCUT2D eigenvalue weighted by Gasteiger charge is 2.54. The van der Waals surface area contributed by atoms with Gasteiger partial charge in [0.2, 0.25) is 0 Å². The van der Waals surface area contributed by atoms with E-state index < -0.39 is 36.8 Å². The first-order chi connectivity index (χ1) is 8.99. The van der Waals surface area contributed by atoms with Crippen LogP contribution in [0.25, 0.3) is 0 Å². The second kappa shape index (κ2) is 5.54. The van der Waals surface area contributed by atoms with Crippen LogP contribution in [0.2, 0.25) is 0 Å². The first-order valence-corrected chi connectivity index (χ1v) is 6.06. The predicted octanol–water partition coefficient (Wildman–Crippen LogP) is -1.61. The van der Waals surface area contributed by atoms with Crippen LogP contribution in [-0.4, -0.2) is 62.3 Å². The Morgan fingerprint density at radius 3 is 2.26 bits per heavy atom. The van der Waals surface area contributed by atoms with Crippen LogP contribution in [0.5, 0.6) is 0 Å². The van der Waals surface area contributed by atoms with Gasteiger partial charge in [0.25, 0.3) is 0 Å². The maximum absolute atomic E-state index is 10.5. The van der Waals surface area contributed by atoms with Gasteiger partial charge < -0.3 is 30.3 Å². The molecule has 5 N–H and O–H groups in total. The van der Waals surface area contributed by atoms with E-state index in [1.165, 1.54) is 0 Å². The number of rotatable bonds is 3. The van der Waals surface area contributed by atoms with Crippen LogP contribution >= 0.6 is 0 Å². The minimum absolute atomic E-state index is 0.0624. The van der Waals surface area contributed by atoms with E-state index in [2.05, 4.69) is 0 Å². The van der Waals surface area contributed by atoms with E-state index >= 15 is 0 Å². The summed E-state index contributed by atoms with van der Waals surface area (Å²) in [6.45, 7) is -0.567. The minimum atomic E-state index is -1.98. The Morgan fingerprint density at radius 2 is 1.68 bits per heavy atom. The summed E-state index contributed by atoms with van der Waals surface area (Å²) in [5.74, 6) is 0. The van der Waals surface area contributed by atoms with E-state index in [-0.39, 0.29) is 6.42 Å². The van der Waals surface area contributed by atoms with Gasteiger partial charge in [-0.2, -0.15) is 0 Å². The number of ether oxygens (including phenoxy) is 1. The van der Waals surface area contributed by atoms with Gasteiger partial charge in [0.1, 0.15) is 23.9 Å². The summed E-state index contributed by atoms with van der Waals surface area (Å²) >= 11 is 0. The molecule has 0 saturated carbocycles. The lowest BCUT2D eigenvalue weighted by Crippen LogP contribution is -2.68. The monoisotopic (exact) mass is 270 g/mol. The zero-order valence-electron chi connectivity index (χ0n) is 10.3. The van der Waals surface area contributed by atoms with Gasteiger partial charge in [0, 0.05) is 6.42 Å². The normalized spacial score (nSPS) is 39.2. The first-order valence-electron chi connectivity index (χ1n) is 6.06. The van der Waals surface area contributed by atoms with E-state index in [0.29, 0.717) is 5.56 Å². The largest absolute Gasteiger partial charge is 0.394 e.